The summed E-state index contributed by atoms with van der Waals surface area (Å²) in [4.78, 5) is 11.8. The third-order valence-corrected chi connectivity index (χ3v) is 9.25. The maximum atomic E-state index is 11.8. The first-order valence-corrected chi connectivity index (χ1v) is 20.9. The van der Waals surface area contributed by atoms with Crippen LogP contribution in [0.15, 0.2) is 24.3 Å². The van der Waals surface area contributed by atoms with Gasteiger partial charge in [0, 0.05) is 0 Å². The van der Waals surface area contributed by atoms with Crippen LogP contribution in [-0.4, -0.2) is 19.4 Å². The minimum atomic E-state index is -0.480. The van der Waals surface area contributed by atoms with Crippen LogP contribution in [0.2, 0.25) is 0 Å². The lowest BCUT2D eigenvalue weighted by atomic mass is 10.1. The zero-order valence-corrected chi connectivity index (χ0v) is 31.5. The zero-order valence-electron chi connectivity index (χ0n) is 31.5. The highest BCUT2D eigenvalue weighted by Gasteiger charge is 2.03. The van der Waals surface area contributed by atoms with Crippen molar-refractivity contribution in [2.75, 3.05) is 13.2 Å². The summed E-state index contributed by atoms with van der Waals surface area (Å²) in [5.74, 6) is 0. The summed E-state index contributed by atoms with van der Waals surface area (Å²) < 4.78 is 10.5. The molecule has 0 fully saturated rings. The maximum absolute atomic E-state index is 11.8. The van der Waals surface area contributed by atoms with Gasteiger partial charge in [-0.1, -0.05) is 192 Å². The van der Waals surface area contributed by atoms with Crippen molar-refractivity contribution in [1.82, 2.24) is 0 Å². The number of hydrogen-bond acceptors (Lipinski definition) is 3. The molecule has 0 aromatic carbocycles. The van der Waals surface area contributed by atoms with Crippen LogP contribution in [0.3, 0.4) is 0 Å². The Morgan fingerprint density at radius 2 is 0.543 bits per heavy atom. The average Bonchev–Trinajstić information content (AvgIpc) is 3.06. The van der Waals surface area contributed by atoms with Crippen molar-refractivity contribution in [2.24, 2.45) is 0 Å². The highest BCUT2D eigenvalue weighted by molar-refractivity contribution is 5.59. The Kier molecular flexibility index (Phi) is 40.6. The van der Waals surface area contributed by atoms with E-state index in [1.165, 1.54) is 193 Å². The van der Waals surface area contributed by atoms with Crippen LogP contribution in [0.5, 0.6) is 0 Å². The summed E-state index contributed by atoms with van der Waals surface area (Å²) in [5, 5.41) is 0. The normalized spacial score (nSPS) is 11.7. The molecule has 272 valence electrons. The Hall–Kier alpha value is -1.25. The first kappa shape index (κ1) is 44.8. The Morgan fingerprint density at radius 3 is 0.804 bits per heavy atom. The van der Waals surface area contributed by atoms with Crippen LogP contribution >= 0.6 is 0 Å². The number of carbonyl (C=O) groups excluding carboxylic acids is 1. The van der Waals surface area contributed by atoms with E-state index in [-0.39, 0.29) is 0 Å². The van der Waals surface area contributed by atoms with Gasteiger partial charge in [0.2, 0.25) is 0 Å². The summed E-state index contributed by atoms with van der Waals surface area (Å²) in [6.45, 7) is 5.56. The number of unbranched alkanes of at least 4 members (excludes halogenated alkanes) is 30. The molecule has 0 aromatic rings. The van der Waals surface area contributed by atoms with E-state index in [1.54, 1.807) is 0 Å². The molecule has 0 rings (SSSR count). The Morgan fingerprint density at radius 1 is 0.326 bits per heavy atom. The standard InChI is InChI=1S/C43H82O3/c1-3-5-7-9-11-13-15-17-19-21-23-24-26-28-30-32-34-36-38-40-42-46-43(44)45-41-39-37-35-33-31-29-27-25-22-20-18-16-14-12-10-8-6-4-2/h17,19,22,25H,3-16,18,20-21,23-24,26-42H2,1-2H3. The van der Waals surface area contributed by atoms with Gasteiger partial charge in [0.1, 0.15) is 0 Å². The molecular weight excluding hydrogens is 564 g/mol. The zero-order chi connectivity index (χ0) is 33.3. The van der Waals surface area contributed by atoms with Crippen LogP contribution in [0, 0.1) is 0 Å². The van der Waals surface area contributed by atoms with Gasteiger partial charge in [0.05, 0.1) is 13.2 Å². The molecule has 3 nitrogen and oxygen atoms in total. The molecule has 0 atom stereocenters. The van der Waals surface area contributed by atoms with E-state index in [4.69, 9.17) is 9.47 Å². The van der Waals surface area contributed by atoms with Crippen LogP contribution < -0.4 is 0 Å². The number of ether oxygens (including phenoxy) is 2. The largest absolute Gasteiger partial charge is 0.508 e. The van der Waals surface area contributed by atoms with Gasteiger partial charge < -0.3 is 9.47 Å². The highest BCUT2D eigenvalue weighted by Crippen LogP contribution is 2.14. The Balaban J connectivity index is 3.21. The maximum Gasteiger partial charge on any atom is 0.508 e. The summed E-state index contributed by atoms with van der Waals surface area (Å²) in [6.07, 6.45) is 53.8. The van der Waals surface area contributed by atoms with Gasteiger partial charge in [-0.15, -0.1) is 0 Å². The lowest BCUT2D eigenvalue weighted by Gasteiger charge is -2.06. The fourth-order valence-electron chi connectivity index (χ4n) is 6.11. The Labute approximate surface area is 289 Å². The fraction of sp³-hybridized carbons (Fsp3) is 0.884. The lowest BCUT2D eigenvalue weighted by molar-refractivity contribution is 0.0529. The van der Waals surface area contributed by atoms with Gasteiger partial charge in [0.15, 0.2) is 0 Å². The third kappa shape index (κ3) is 40.8. The van der Waals surface area contributed by atoms with E-state index < -0.39 is 6.16 Å². The molecule has 0 bridgehead atoms. The van der Waals surface area contributed by atoms with Gasteiger partial charge in [-0.2, -0.15) is 0 Å². The summed E-state index contributed by atoms with van der Waals surface area (Å²) in [5.41, 5.74) is 0. The molecule has 3 heteroatoms. The van der Waals surface area contributed by atoms with Crippen LogP contribution in [0.4, 0.5) is 4.79 Å². The summed E-state index contributed by atoms with van der Waals surface area (Å²) in [6, 6.07) is 0. The van der Waals surface area contributed by atoms with Crippen LogP contribution in [0.1, 0.15) is 232 Å². The molecule has 0 aromatic heterocycles. The molecule has 0 saturated carbocycles. The summed E-state index contributed by atoms with van der Waals surface area (Å²) >= 11 is 0. The SMILES string of the molecule is CCCCCCCCC=CCCCCCCCCCCCCOC(=O)OCCCCCCCCC=CCCCCCCCCCC. The second-order valence-corrected chi connectivity index (χ2v) is 13.9. The Bertz CT molecular complexity index is 626. The van der Waals surface area contributed by atoms with Crippen molar-refractivity contribution in [3.63, 3.8) is 0 Å². The van der Waals surface area contributed by atoms with Crippen LogP contribution in [-0.2, 0) is 9.47 Å². The predicted molar refractivity (Wildman–Crippen MR) is 204 cm³/mol. The van der Waals surface area contributed by atoms with E-state index >= 15 is 0 Å². The second kappa shape index (κ2) is 41.8. The van der Waals surface area contributed by atoms with E-state index in [9.17, 15) is 4.79 Å². The molecule has 0 aliphatic carbocycles. The molecule has 0 aliphatic heterocycles. The molecule has 0 aliphatic rings. The topological polar surface area (TPSA) is 35.5 Å². The van der Waals surface area contributed by atoms with Gasteiger partial charge >= 0.3 is 6.16 Å². The van der Waals surface area contributed by atoms with Crippen molar-refractivity contribution in [1.29, 1.82) is 0 Å². The molecule has 0 radical (unpaired) electrons. The molecule has 0 spiro atoms. The average molecular weight is 647 g/mol. The van der Waals surface area contributed by atoms with E-state index in [0.29, 0.717) is 13.2 Å². The third-order valence-electron chi connectivity index (χ3n) is 9.25. The lowest BCUT2D eigenvalue weighted by Crippen LogP contribution is -2.09. The monoisotopic (exact) mass is 647 g/mol. The van der Waals surface area contributed by atoms with Gasteiger partial charge in [0.25, 0.3) is 0 Å². The van der Waals surface area contributed by atoms with E-state index in [2.05, 4.69) is 38.2 Å². The van der Waals surface area contributed by atoms with Crippen LogP contribution in [0.25, 0.3) is 0 Å². The molecule has 46 heavy (non-hydrogen) atoms. The fourth-order valence-corrected chi connectivity index (χ4v) is 6.11. The highest BCUT2D eigenvalue weighted by atomic mass is 16.7. The molecule has 0 unspecified atom stereocenters. The smallest absolute Gasteiger partial charge is 0.434 e. The van der Waals surface area contributed by atoms with Crippen molar-refractivity contribution in [3.8, 4) is 0 Å². The summed E-state index contributed by atoms with van der Waals surface area (Å²) in [7, 11) is 0. The van der Waals surface area contributed by atoms with Crippen molar-refractivity contribution >= 4 is 6.16 Å². The molecular formula is C43H82O3. The van der Waals surface area contributed by atoms with Gasteiger partial charge in [-0.25, -0.2) is 4.79 Å². The number of hydrogen-bond donors (Lipinski definition) is 0. The van der Waals surface area contributed by atoms with E-state index in [0.717, 1.165) is 25.7 Å². The predicted octanol–water partition coefficient (Wildman–Crippen LogP) is 15.6. The van der Waals surface area contributed by atoms with Crippen molar-refractivity contribution < 1.29 is 14.3 Å². The first-order chi connectivity index (χ1) is 22.8. The second-order valence-electron chi connectivity index (χ2n) is 13.9. The first-order valence-electron chi connectivity index (χ1n) is 20.9. The minimum absolute atomic E-state index is 0.480. The van der Waals surface area contributed by atoms with Gasteiger partial charge in [-0.3, -0.25) is 0 Å². The van der Waals surface area contributed by atoms with Crippen molar-refractivity contribution in [3.05, 3.63) is 24.3 Å². The number of rotatable bonds is 38. The minimum Gasteiger partial charge on any atom is -0.434 e. The molecule has 0 N–H and O–H groups in total. The molecule has 0 saturated heterocycles. The van der Waals surface area contributed by atoms with E-state index in [1.807, 2.05) is 0 Å². The number of allylic oxidation sites excluding steroid dienone is 4. The number of carbonyl (C=O) groups is 1. The van der Waals surface area contributed by atoms with Crippen molar-refractivity contribution in [2.45, 2.75) is 232 Å². The quantitative estimate of drug-likeness (QED) is 0.0380. The molecule has 0 amide bonds. The molecule has 0 heterocycles. The van der Waals surface area contributed by atoms with Gasteiger partial charge in [-0.05, 0) is 64.2 Å².